The third kappa shape index (κ3) is 8.71. The zero-order chi connectivity index (χ0) is 12.7. The zero-order valence-electron chi connectivity index (χ0n) is 10.6. The van der Waals surface area contributed by atoms with Gasteiger partial charge in [0, 0.05) is 25.7 Å². The van der Waals surface area contributed by atoms with E-state index in [1.54, 1.807) is 30.8 Å². The topological polar surface area (TPSA) is 60.9 Å². The van der Waals surface area contributed by atoms with E-state index in [0.29, 0.717) is 18.7 Å². The third-order valence-electron chi connectivity index (χ3n) is 2.15. The average molecular weight is 265 g/mol. The first-order valence-electron chi connectivity index (χ1n) is 5.16. The summed E-state index contributed by atoms with van der Waals surface area (Å²) in [5, 5.41) is 8.54. The number of halogens is 1. The maximum atomic E-state index is 11.4. The lowest BCUT2D eigenvalue weighted by Crippen LogP contribution is -2.32. The summed E-state index contributed by atoms with van der Waals surface area (Å²) in [7, 11) is 3.46. The molecule has 5 nitrogen and oxygen atoms in total. The van der Waals surface area contributed by atoms with E-state index in [1.807, 2.05) is 0 Å². The van der Waals surface area contributed by atoms with Crippen LogP contribution in [0.5, 0.6) is 0 Å². The molecule has 0 bridgehead atoms. The van der Waals surface area contributed by atoms with Crippen molar-refractivity contribution in [3.63, 3.8) is 0 Å². The molecule has 0 saturated heterocycles. The van der Waals surface area contributed by atoms with Gasteiger partial charge < -0.3 is 10.0 Å². The number of aliphatic carboxylic acids is 1. The second kappa shape index (κ2) is 9.01. The van der Waals surface area contributed by atoms with Crippen LogP contribution in [0, 0.1) is 0 Å². The quantitative estimate of drug-likeness (QED) is 0.693. The van der Waals surface area contributed by atoms with Gasteiger partial charge in [0.25, 0.3) is 0 Å². The van der Waals surface area contributed by atoms with E-state index in [2.05, 4.69) is 6.58 Å². The predicted molar refractivity (Wildman–Crippen MR) is 69.4 cm³/mol. The smallest absolute Gasteiger partial charge is 0.317 e. The SMILES string of the molecule is C=C(C)C(=O)N(C)CCCN(C)CC(=O)O.Cl. The number of rotatable bonds is 7. The molecule has 0 unspecified atom stereocenters. The van der Waals surface area contributed by atoms with Gasteiger partial charge in [-0.15, -0.1) is 12.4 Å². The van der Waals surface area contributed by atoms with Crippen molar-refractivity contribution in [2.24, 2.45) is 0 Å². The molecule has 0 radical (unpaired) electrons. The molecular formula is C11H21ClN2O3. The van der Waals surface area contributed by atoms with E-state index >= 15 is 0 Å². The Kier molecular flexibility index (Phi) is 9.70. The number of nitrogens with zero attached hydrogens (tertiary/aromatic N) is 2. The van der Waals surface area contributed by atoms with Gasteiger partial charge >= 0.3 is 5.97 Å². The summed E-state index contributed by atoms with van der Waals surface area (Å²) in [6.07, 6.45) is 0.749. The van der Waals surface area contributed by atoms with E-state index in [0.717, 1.165) is 6.42 Å². The molecule has 0 aromatic rings. The number of carboxylic acids is 1. The molecule has 0 heterocycles. The molecular weight excluding hydrogens is 244 g/mol. The molecule has 0 saturated carbocycles. The molecule has 0 spiro atoms. The third-order valence-corrected chi connectivity index (χ3v) is 2.15. The van der Waals surface area contributed by atoms with Gasteiger partial charge in [0.1, 0.15) is 0 Å². The van der Waals surface area contributed by atoms with Crippen LogP contribution in [0.15, 0.2) is 12.2 Å². The van der Waals surface area contributed by atoms with Crippen molar-refractivity contribution in [2.45, 2.75) is 13.3 Å². The van der Waals surface area contributed by atoms with Crippen molar-refractivity contribution >= 4 is 24.3 Å². The summed E-state index contributed by atoms with van der Waals surface area (Å²) >= 11 is 0. The Hall–Kier alpha value is -1.07. The van der Waals surface area contributed by atoms with Crippen molar-refractivity contribution in [2.75, 3.05) is 33.7 Å². The molecule has 0 fully saturated rings. The summed E-state index contributed by atoms with van der Waals surface area (Å²) in [5.74, 6) is -0.908. The average Bonchev–Trinajstić information content (AvgIpc) is 2.14. The van der Waals surface area contributed by atoms with Crippen LogP contribution in [0.1, 0.15) is 13.3 Å². The highest BCUT2D eigenvalue weighted by Gasteiger charge is 2.09. The standard InChI is InChI=1S/C11H20N2O3.ClH/c1-9(2)11(16)13(4)7-5-6-12(3)8-10(14)15;/h1,5-8H2,2-4H3,(H,14,15);1H. The van der Waals surface area contributed by atoms with E-state index in [9.17, 15) is 9.59 Å². The largest absolute Gasteiger partial charge is 0.480 e. The number of hydrogen-bond donors (Lipinski definition) is 1. The van der Waals surface area contributed by atoms with Crippen LogP contribution in [-0.4, -0.2) is 60.5 Å². The van der Waals surface area contributed by atoms with Gasteiger partial charge in [-0.2, -0.15) is 0 Å². The van der Waals surface area contributed by atoms with Crippen LogP contribution in [0.2, 0.25) is 0 Å². The summed E-state index contributed by atoms with van der Waals surface area (Å²) in [6, 6.07) is 0. The molecule has 6 heteroatoms. The number of likely N-dealkylation sites (N-methyl/N-ethyl adjacent to an activating group) is 2. The molecule has 0 aliphatic heterocycles. The van der Waals surface area contributed by atoms with Gasteiger partial charge in [-0.3, -0.25) is 14.5 Å². The van der Waals surface area contributed by atoms with E-state index < -0.39 is 5.97 Å². The molecule has 1 N–H and O–H groups in total. The van der Waals surface area contributed by atoms with Gasteiger partial charge in [-0.1, -0.05) is 6.58 Å². The lowest BCUT2D eigenvalue weighted by atomic mass is 10.3. The van der Waals surface area contributed by atoms with Gasteiger partial charge in [0.15, 0.2) is 0 Å². The highest BCUT2D eigenvalue weighted by Crippen LogP contribution is 1.97. The summed E-state index contributed by atoms with van der Waals surface area (Å²) in [4.78, 5) is 25.1. The molecule has 0 aromatic carbocycles. The molecule has 0 atom stereocenters. The summed E-state index contributed by atoms with van der Waals surface area (Å²) in [5.41, 5.74) is 0.515. The Morgan fingerprint density at radius 2 is 1.76 bits per heavy atom. The number of amides is 1. The van der Waals surface area contributed by atoms with Crippen molar-refractivity contribution in [3.05, 3.63) is 12.2 Å². The molecule has 0 aromatic heterocycles. The second-order valence-electron chi connectivity index (χ2n) is 3.99. The first-order chi connectivity index (χ1) is 7.34. The Bertz CT molecular complexity index is 282. The Morgan fingerprint density at radius 1 is 1.24 bits per heavy atom. The van der Waals surface area contributed by atoms with E-state index in [1.165, 1.54) is 0 Å². The van der Waals surface area contributed by atoms with Gasteiger partial charge in [-0.25, -0.2) is 0 Å². The number of carbonyl (C=O) groups is 2. The number of carbonyl (C=O) groups excluding carboxylic acids is 1. The van der Waals surface area contributed by atoms with Crippen LogP contribution in [0.4, 0.5) is 0 Å². The van der Waals surface area contributed by atoms with E-state index in [-0.39, 0.29) is 24.9 Å². The normalized spacial score (nSPS) is 9.65. The maximum absolute atomic E-state index is 11.4. The van der Waals surface area contributed by atoms with Crippen LogP contribution in [-0.2, 0) is 9.59 Å². The Balaban J connectivity index is 0. The molecule has 100 valence electrons. The van der Waals surface area contributed by atoms with Crippen molar-refractivity contribution in [1.82, 2.24) is 9.80 Å². The number of hydrogen-bond acceptors (Lipinski definition) is 3. The van der Waals surface area contributed by atoms with Crippen molar-refractivity contribution in [1.29, 1.82) is 0 Å². The molecule has 0 rings (SSSR count). The second-order valence-corrected chi connectivity index (χ2v) is 3.99. The first kappa shape index (κ1) is 18.3. The predicted octanol–water partition coefficient (Wildman–Crippen LogP) is 0.849. The zero-order valence-corrected chi connectivity index (χ0v) is 11.4. The number of carboxylic acid groups (broad SMARTS) is 1. The first-order valence-corrected chi connectivity index (χ1v) is 5.16. The minimum absolute atomic E-state index is 0. The fourth-order valence-electron chi connectivity index (χ4n) is 1.32. The lowest BCUT2D eigenvalue weighted by molar-refractivity contribution is -0.138. The monoisotopic (exact) mass is 264 g/mol. The minimum Gasteiger partial charge on any atom is -0.480 e. The fraction of sp³-hybridized carbons (Fsp3) is 0.636. The van der Waals surface area contributed by atoms with Gasteiger partial charge in [-0.05, 0) is 20.4 Å². The lowest BCUT2D eigenvalue weighted by Gasteiger charge is -2.19. The Labute approximate surface area is 108 Å². The molecule has 1 amide bonds. The minimum atomic E-state index is -0.839. The van der Waals surface area contributed by atoms with Crippen molar-refractivity contribution in [3.8, 4) is 0 Å². The van der Waals surface area contributed by atoms with E-state index in [4.69, 9.17) is 5.11 Å². The summed E-state index contributed by atoms with van der Waals surface area (Å²) < 4.78 is 0. The van der Waals surface area contributed by atoms with Crippen LogP contribution in [0.3, 0.4) is 0 Å². The Morgan fingerprint density at radius 3 is 2.18 bits per heavy atom. The van der Waals surface area contributed by atoms with Gasteiger partial charge in [0.2, 0.25) is 5.91 Å². The highest BCUT2D eigenvalue weighted by atomic mass is 35.5. The fourth-order valence-corrected chi connectivity index (χ4v) is 1.32. The maximum Gasteiger partial charge on any atom is 0.317 e. The molecule has 0 aliphatic rings. The van der Waals surface area contributed by atoms with Crippen LogP contribution < -0.4 is 0 Å². The molecule has 17 heavy (non-hydrogen) atoms. The summed E-state index contributed by atoms with van der Waals surface area (Å²) in [6.45, 7) is 6.54. The van der Waals surface area contributed by atoms with Crippen molar-refractivity contribution < 1.29 is 14.7 Å². The highest BCUT2D eigenvalue weighted by molar-refractivity contribution is 5.91. The molecule has 0 aliphatic carbocycles. The van der Waals surface area contributed by atoms with Crippen LogP contribution >= 0.6 is 12.4 Å². The van der Waals surface area contributed by atoms with Crippen LogP contribution in [0.25, 0.3) is 0 Å². The van der Waals surface area contributed by atoms with Gasteiger partial charge in [0.05, 0.1) is 6.54 Å².